The van der Waals surface area contributed by atoms with Crippen LogP contribution in [-0.4, -0.2) is 43.5 Å². The van der Waals surface area contributed by atoms with Crippen molar-refractivity contribution in [3.05, 3.63) is 53.1 Å². The number of hydrogen-bond acceptors (Lipinski definition) is 4. The van der Waals surface area contributed by atoms with Crippen LogP contribution in [0.25, 0.3) is 0 Å². The van der Waals surface area contributed by atoms with Crippen molar-refractivity contribution in [2.75, 3.05) is 48.7 Å². The molecule has 0 unspecified atom stereocenters. The van der Waals surface area contributed by atoms with E-state index >= 15 is 0 Å². The molecular weight excluding hydrogens is 336 g/mol. The molecule has 25 heavy (non-hydrogen) atoms. The van der Waals surface area contributed by atoms with Gasteiger partial charge in [0.1, 0.15) is 0 Å². The highest BCUT2D eigenvalue weighted by molar-refractivity contribution is 6.30. The second kappa shape index (κ2) is 7.76. The first-order valence-electron chi connectivity index (χ1n) is 8.50. The fourth-order valence-electron chi connectivity index (χ4n) is 3.03. The molecule has 1 aliphatic heterocycles. The van der Waals surface area contributed by atoms with Crippen LogP contribution in [0.15, 0.2) is 42.5 Å². The largest absolute Gasteiger partial charge is 0.397 e. The maximum absolute atomic E-state index is 12.3. The fourth-order valence-corrected chi connectivity index (χ4v) is 3.16. The monoisotopic (exact) mass is 358 g/mol. The summed E-state index contributed by atoms with van der Waals surface area (Å²) in [7, 11) is 0. The Balaban J connectivity index is 1.67. The number of amides is 1. The SMILES string of the molecule is CCN1CCN(c2ccc(NC(=O)c3ccc(Cl)cc3)cc2N)CC1. The third-order valence-corrected chi connectivity index (χ3v) is 4.80. The number of nitrogen functional groups attached to an aromatic ring is 1. The molecule has 0 atom stereocenters. The minimum atomic E-state index is -0.180. The van der Waals surface area contributed by atoms with E-state index in [2.05, 4.69) is 22.0 Å². The van der Waals surface area contributed by atoms with E-state index in [0.29, 0.717) is 22.0 Å². The normalized spacial score (nSPS) is 15.2. The van der Waals surface area contributed by atoms with Gasteiger partial charge in [-0.05, 0) is 49.0 Å². The molecule has 5 nitrogen and oxygen atoms in total. The molecule has 2 aromatic carbocycles. The van der Waals surface area contributed by atoms with Gasteiger partial charge in [-0.15, -0.1) is 0 Å². The van der Waals surface area contributed by atoms with Gasteiger partial charge in [-0.2, -0.15) is 0 Å². The predicted molar refractivity (Wildman–Crippen MR) is 105 cm³/mol. The van der Waals surface area contributed by atoms with E-state index in [1.54, 1.807) is 24.3 Å². The summed E-state index contributed by atoms with van der Waals surface area (Å²) in [5, 5.41) is 3.48. The van der Waals surface area contributed by atoms with Crippen LogP contribution in [0.2, 0.25) is 5.02 Å². The number of anilines is 3. The van der Waals surface area contributed by atoms with E-state index in [0.717, 1.165) is 38.4 Å². The van der Waals surface area contributed by atoms with Crippen molar-refractivity contribution in [3.8, 4) is 0 Å². The highest BCUT2D eigenvalue weighted by Gasteiger charge is 2.18. The number of nitrogens with two attached hydrogens (primary N) is 1. The number of carbonyl (C=O) groups is 1. The highest BCUT2D eigenvalue weighted by Crippen LogP contribution is 2.27. The number of hydrogen-bond donors (Lipinski definition) is 2. The quantitative estimate of drug-likeness (QED) is 0.823. The summed E-state index contributed by atoms with van der Waals surface area (Å²) in [5.41, 5.74) is 9.18. The Labute approximate surface area is 153 Å². The van der Waals surface area contributed by atoms with Crippen LogP contribution in [0, 0.1) is 0 Å². The summed E-state index contributed by atoms with van der Waals surface area (Å²) in [6.45, 7) is 7.29. The van der Waals surface area contributed by atoms with Gasteiger partial charge >= 0.3 is 0 Å². The summed E-state index contributed by atoms with van der Waals surface area (Å²) in [5.74, 6) is -0.180. The van der Waals surface area contributed by atoms with Crippen LogP contribution in [0.1, 0.15) is 17.3 Å². The molecule has 1 saturated heterocycles. The van der Waals surface area contributed by atoms with Gasteiger partial charge in [-0.25, -0.2) is 0 Å². The number of likely N-dealkylation sites (N-methyl/N-ethyl adjacent to an activating group) is 1. The van der Waals surface area contributed by atoms with Gasteiger partial charge < -0.3 is 20.9 Å². The Morgan fingerprint density at radius 1 is 1.12 bits per heavy atom. The molecule has 0 spiro atoms. The average molecular weight is 359 g/mol. The molecule has 132 valence electrons. The van der Waals surface area contributed by atoms with Gasteiger partial charge in [-0.3, -0.25) is 4.79 Å². The van der Waals surface area contributed by atoms with Crippen molar-refractivity contribution in [3.63, 3.8) is 0 Å². The molecule has 0 saturated carbocycles. The van der Waals surface area contributed by atoms with Crippen LogP contribution in [0.5, 0.6) is 0 Å². The zero-order valence-corrected chi connectivity index (χ0v) is 15.1. The molecule has 6 heteroatoms. The lowest BCUT2D eigenvalue weighted by Gasteiger charge is -2.36. The van der Waals surface area contributed by atoms with Crippen molar-refractivity contribution >= 4 is 34.6 Å². The summed E-state index contributed by atoms with van der Waals surface area (Å²) in [6.07, 6.45) is 0. The number of nitrogens with zero attached hydrogens (tertiary/aromatic N) is 2. The molecule has 0 bridgehead atoms. The number of benzene rings is 2. The lowest BCUT2D eigenvalue weighted by atomic mass is 10.1. The molecule has 1 aliphatic rings. The minimum Gasteiger partial charge on any atom is -0.397 e. The highest BCUT2D eigenvalue weighted by atomic mass is 35.5. The Bertz CT molecular complexity index is 740. The van der Waals surface area contributed by atoms with E-state index in [9.17, 15) is 4.79 Å². The zero-order valence-electron chi connectivity index (χ0n) is 14.3. The molecule has 2 aromatic rings. The van der Waals surface area contributed by atoms with Crippen LogP contribution in [0.3, 0.4) is 0 Å². The average Bonchev–Trinajstić information content (AvgIpc) is 2.62. The van der Waals surface area contributed by atoms with E-state index in [1.165, 1.54) is 0 Å². The first-order chi connectivity index (χ1) is 12.1. The topological polar surface area (TPSA) is 61.6 Å². The summed E-state index contributed by atoms with van der Waals surface area (Å²) in [6, 6.07) is 12.5. The lowest BCUT2D eigenvalue weighted by Crippen LogP contribution is -2.46. The van der Waals surface area contributed by atoms with E-state index in [1.807, 2.05) is 18.2 Å². The molecular formula is C19H23ClN4O. The molecule has 3 rings (SSSR count). The Hall–Kier alpha value is -2.24. The predicted octanol–water partition coefficient (Wildman–Crippen LogP) is 3.32. The van der Waals surface area contributed by atoms with Crippen molar-refractivity contribution in [2.45, 2.75) is 6.92 Å². The first-order valence-corrected chi connectivity index (χ1v) is 8.88. The molecule has 0 aromatic heterocycles. The van der Waals surface area contributed by atoms with Crippen LogP contribution < -0.4 is 16.0 Å². The summed E-state index contributed by atoms with van der Waals surface area (Å²) in [4.78, 5) is 17.0. The molecule has 1 amide bonds. The third kappa shape index (κ3) is 4.24. The van der Waals surface area contributed by atoms with Crippen molar-refractivity contribution in [1.82, 2.24) is 4.90 Å². The second-order valence-electron chi connectivity index (χ2n) is 6.16. The minimum absolute atomic E-state index is 0.180. The third-order valence-electron chi connectivity index (χ3n) is 4.55. The molecule has 1 fully saturated rings. The smallest absolute Gasteiger partial charge is 0.255 e. The van der Waals surface area contributed by atoms with Crippen molar-refractivity contribution in [1.29, 1.82) is 0 Å². The number of carbonyl (C=O) groups excluding carboxylic acids is 1. The van der Waals surface area contributed by atoms with Crippen molar-refractivity contribution < 1.29 is 4.79 Å². The zero-order chi connectivity index (χ0) is 17.8. The van der Waals surface area contributed by atoms with Gasteiger partial charge in [0.15, 0.2) is 0 Å². The summed E-state index contributed by atoms with van der Waals surface area (Å²) >= 11 is 5.85. The molecule has 1 heterocycles. The van der Waals surface area contributed by atoms with Gasteiger partial charge in [0.2, 0.25) is 0 Å². The maximum atomic E-state index is 12.3. The van der Waals surface area contributed by atoms with Gasteiger partial charge in [0.25, 0.3) is 5.91 Å². The number of rotatable bonds is 4. The van der Waals surface area contributed by atoms with E-state index in [4.69, 9.17) is 17.3 Å². The fraction of sp³-hybridized carbons (Fsp3) is 0.316. The van der Waals surface area contributed by atoms with E-state index in [-0.39, 0.29) is 5.91 Å². The van der Waals surface area contributed by atoms with Gasteiger partial charge in [-0.1, -0.05) is 18.5 Å². The lowest BCUT2D eigenvalue weighted by molar-refractivity contribution is 0.102. The number of nitrogens with one attached hydrogen (secondary N) is 1. The van der Waals surface area contributed by atoms with Crippen LogP contribution >= 0.6 is 11.6 Å². The number of halogens is 1. The van der Waals surface area contributed by atoms with Crippen LogP contribution in [-0.2, 0) is 0 Å². The molecule has 3 N–H and O–H groups in total. The van der Waals surface area contributed by atoms with Crippen molar-refractivity contribution in [2.24, 2.45) is 0 Å². The summed E-state index contributed by atoms with van der Waals surface area (Å²) < 4.78 is 0. The standard InChI is InChI=1S/C19H23ClN4O/c1-2-23-9-11-24(12-10-23)18-8-7-16(13-17(18)21)22-19(25)14-3-5-15(20)6-4-14/h3-8,13H,2,9-12,21H2,1H3,(H,22,25). The van der Waals surface area contributed by atoms with E-state index < -0.39 is 0 Å². The molecule has 0 aliphatic carbocycles. The number of piperazine rings is 1. The molecule has 0 radical (unpaired) electrons. The van der Waals surface area contributed by atoms with Gasteiger partial charge in [0.05, 0.1) is 11.4 Å². The maximum Gasteiger partial charge on any atom is 0.255 e. The Morgan fingerprint density at radius 2 is 1.80 bits per heavy atom. The van der Waals surface area contributed by atoms with Crippen LogP contribution in [0.4, 0.5) is 17.1 Å². The van der Waals surface area contributed by atoms with Gasteiger partial charge in [0, 0.05) is 42.5 Å². The Kier molecular flexibility index (Phi) is 5.46. The second-order valence-corrected chi connectivity index (χ2v) is 6.59. The Morgan fingerprint density at radius 3 is 2.40 bits per heavy atom. The first kappa shape index (κ1) is 17.6.